The summed E-state index contributed by atoms with van der Waals surface area (Å²) in [6.07, 6.45) is 6.92. The predicted molar refractivity (Wildman–Crippen MR) is 103 cm³/mol. The van der Waals surface area contributed by atoms with E-state index in [9.17, 15) is 0 Å². The molecule has 0 heterocycles. The highest BCUT2D eigenvalue weighted by Gasteiger charge is 2.15. The monoisotopic (exact) mass is 312 g/mol. The molecule has 0 spiro atoms. The minimum absolute atomic E-state index is 0.775. The molecule has 1 fully saturated rings. The molecule has 120 valence electrons. The first-order valence-corrected chi connectivity index (χ1v) is 9.16. The van der Waals surface area contributed by atoms with Crippen LogP contribution in [0, 0.1) is 0 Å². The summed E-state index contributed by atoms with van der Waals surface area (Å²) in [4.78, 5) is 0. The Morgan fingerprint density at radius 2 is 1.04 bits per heavy atom. The lowest BCUT2D eigenvalue weighted by Crippen LogP contribution is -2.04. The Labute approximate surface area is 145 Å². The molecule has 4 rings (SSSR count). The van der Waals surface area contributed by atoms with Crippen molar-refractivity contribution in [1.82, 2.24) is 0 Å². The van der Waals surface area contributed by atoms with E-state index >= 15 is 0 Å². The van der Waals surface area contributed by atoms with E-state index in [1.807, 2.05) is 0 Å². The molecule has 1 saturated carbocycles. The summed E-state index contributed by atoms with van der Waals surface area (Å²) < 4.78 is 0. The Morgan fingerprint density at radius 3 is 1.67 bits per heavy atom. The third-order valence-corrected chi connectivity index (χ3v) is 5.31. The molecule has 0 aliphatic heterocycles. The highest BCUT2D eigenvalue weighted by molar-refractivity contribution is 5.83. The zero-order valence-corrected chi connectivity index (χ0v) is 14.1. The molecule has 1 aliphatic carbocycles. The van der Waals surface area contributed by atoms with Crippen LogP contribution in [-0.4, -0.2) is 0 Å². The molecule has 0 radical (unpaired) electrons. The third-order valence-electron chi connectivity index (χ3n) is 5.31. The molecule has 0 saturated heterocycles. The van der Waals surface area contributed by atoms with E-state index in [0.717, 1.165) is 5.92 Å². The second-order valence-electron chi connectivity index (χ2n) is 6.87. The van der Waals surface area contributed by atoms with Gasteiger partial charge in [-0.1, -0.05) is 98.1 Å². The van der Waals surface area contributed by atoms with Crippen LogP contribution in [-0.2, 0) is 0 Å². The summed E-state index contributed by atoms with van der Waals surface area (Å²) >= 11 is 0. The predicted octanol–water partition coefficient (Wildman–Crippen LogP) is 7.07. The van der Waals surface area contributed by atoms with Crippen LogP contribution in [0.4, 0.5) is 0 Å². The van der Waals surface area contributed by atoms with Crippen molar-refractivity contribution in [2.45, 2.75) is 38.0 Å². The molecule has 0 heteroatoms. The second-order valence-corrected chi connectivity index (χ2v) is 6.87. The fraction of sp³-hybridized carbons (Fsp3) is 0.250. The van der Waals surface area contributed by atoms with E-state index in [1.165, 1.54) is 59.9 Å². The fourth-order valence-electron chi connectivity index (χ4n) is 3.98. The summed E-state index contributed by atoms with van der Waals surface area (Å²) in [5, 5.41) is 0. The molecule has 0 aromatic heterocycles. The molecule has 1 aliphatic rings. The van der Waals surface area contributed by atoms with Crippen molar-refractivity contribution in [1.29, 1.82) is 0 Å². The van der Waals surface area contributed by atoms with Gasteiger partial charge in [0.2, 0.25) is 0 Å². The summed E-state index contributed by atoms with van der Waals surface area (Å²) in [7, 11) is 0. The SMILES string of the molecule is c1ccc(-c2ccccc2-c2ccc(C3CCCCC3)cc2)cc1. The van der Waals surface area contributed by atoms with Gasteiger partial charge in [0, 0.05) is 0 Å². The molecule has 0 amide bonds. The smallest absolute Gasteiger partial charge is 0.0105 e. The zero-order chi connectivity index (χ0) is 16.2. The van der Waals surface area contributed by atoms with Gasteiger partial charge in [-0.15, -0.1) is 0 Å². The molecule has 0 unspecified atom stereocenters. The van der Waals surface area contributed by atoms with E-state index in [4.69, 9.17) is 0 Å². The van der Waals surface area contributed by atoms with Crippen LogP contribution in [0.3, 0.4) is 0 Å². The zero-order valence-electron chi connectivity index (χ0n) is 14.1. The van der Waals surface area contributed by atoms with Gasteiger partial charge in [-0.3, -0.25) is 0 Å². The number of hydrogen-bond donors (Lipinski definition) is 0. The van der Waals surface area contributed by atoms with Gasteiger partial charge in [-0.25, -0.2) is 0 Å². The van der Waals surface area contributed by atoms with Gasteiger partial charge in [0.15, 0.2) is 0 Å². The van der Waals surface area contributed by atoms with Gasteiger partial charge in [0.25, 0.3) is 0 Å². The maximum absolute atomic E-state index is 2.35. The average molecular weight is 312 g/mol. The molecular weight excluding hydrogens is 288 g/mol. The Morgan fingerprint density at radius 1 is 0.500 bits per heavy atom. The standard InChI is InChI=1S/C24H24/c1-3-9-19(10-4-1)20-15-17-22(18-16-20)24-14-8-7-13-23(24)21-11-5-2-6-12-21/h2,5-8,11-19H,1,3-4,9-10H2. The van der Waals surface area contributed by atoms with Crippen molar-refractivity contribution < 1.29 is 0 Å². The van der Waals surface area contributed by atoms with Gasteiger partial charge in [0.1, 0.15) is 0 Å². The molecule has 3 aromatic carbocycles. The van der Waals surface area contributed by atoms with Crippen molar-refractivity contribution >= 4 is 0 Å². The Balaban J connectivity index is 1.67. The minimum Gasteiger partial charge on any atom is -0.0622 e. The van der Waals surface area contributed by atoms with Crippen molar-refractivity contribution in [3.8, 4) is 22.3 Å². The number of benzene rings is 3. The van der Waals surface area contributed by atoms with Gasteiger partial charge in [-0.05, 0) is 46.6 Å². The van der Waals surface area contributed by atoms with Crippen LogP contribution in [0.5, 0.6) is 0 Å². The van der Waals surface area contributed by atoms with Gasteiger partial charge in [-0.2, -0.15) is 0 Å². The van der Waals surface area contributed by atoms with E-state index in [-0.39, 0.29) is 0 Å². The Bertz CT molecular complexity index is 778. The summed E-state index contributed by atoms with van der Waals surface area (Å²) in [6.45, 7) is 0. The maximum atomic E-state index is 2.35. The first-order valence-electron chi connectivity index (χ1n) is 9.16. The normalized spacial score (nSPS) is 15.3. The molecule has 0 atom stereocenters. The highest BCUT2D eigenvalue weighted by atomic mass is 14.2. The van der Waals surface area contributed by atoms with E-state index in [2.05, 4.69) is 78.9 Å². The van der Waals surface area contributed by atoms with Crippen LogP contribution in [0.25, 0.3) is 22.3 Å². The first-order chi connectivity index (χ1) is 11.9. The van der Waals surface area contributed by atoms with Crippen molar-refractivity contribution in [2.75, 3.05) is 0 Å². The quantitative estimate of drug-likeness (QED) is 0.485. The summed E-state index contributed by atoms with van der Waals surface area (Å²) in [5.74, 6) is 0.775. The highest BCUT2D eigenvalue weighted by Crippen LogP contribution is 2.35. The number of hydrogen-bond acceptors (Lipinski definition) is 0. The van der Waals surface area contributed by atoms with E-state index < -0.39 is 0 Å². The second kappa shape index (κ2) is 7.05. The molecule has 3 aromatic rings. The topological polar surface area (TPSA) is 0 Å². The molecular formula is C24H24. The Kier molecular flexibility index (Phi) is 4.46. The van der Waals surface area contributed by atoms with E-state index in [0.29, 0.717) is 0 Å². The molecule has 0 bridgehead atoms. The maximum Gasteiger partial charge on any atom is -0.0105 e. The van der Waals surface area contributed by atoms with E-state index in [1.54, 1.807) is 0 Å². The summed E-state index contributed by atoms with van der Waals surface area (Å²) in [6, 6.07) is 28.7. The van der Waals surface area contributed by atoms with Crippen molar-refractivity contribution in [3.05, 3.63) is 84.4 Å². The van der Waals surface area contributed by atoms with Crippen molar-refractivity contribution in [2.24, 2.45) is 0 Å². The van der Waals surface area contributed by atoms with Gasteiger partial charge >= 0.3 is 0 Å². The lowest BCUT2D eigenvalue weighted by Gasteiger charge is -2.22. The van der Waals surface area contributed by atoms with Gasteiger partial charge in [0.05, 0.1) is 0 Å². The largest absolute Gasteiger partial charge is 0.0622 e. The van der Waals surface area contributed by atoms with Gasteiger partial charge < -0.3 is 0 Å². The molecule has 0 nitrogen and oxygen atoms in total. The lowest BCUT2D eigenvalue weighted by atomic mass is 9.83. The summed E-state index contributed by atoms with van der Waals surface area (Å²) in [5.41, 5.74) is 6.75. The van der Waals surface area contributed by atoms with Crippen LogP contribution < -0.4 is 0 Å². The van der Waals surface area contributed by atoms with Crippen molar-refractivity contribution in [3.63, 3.8) is 0 Å². The van der Waals surface area contributed by atoms with Crippen LogP contribution in [0.15, 0.2) is 78.9 Å². The third kappa shape index (κ3) is 3.14. The fourth-order valence-corrected chi connectivity index (χ4v) is 3.98. The molecule has 0 N–H and O–H groups in total. The van der Waals surface area contributed by atoms with Crippen LogP contribution in [0.2, 0.25) is 0 Å². The first kappa shape index (κ1) is 15.2. The minimum atomic E-state index is 0.775. The Hall–Kier alpha value is -2.34. The van der Waals surface area contributed by atoms with Crippen LogP contribution in [0.1, 0.15) is 43.6 Å². The number of rotatable bonds is 3. The lowest BCUT2D eigenvalue weighted by molar-refractivity contribution is 0.443. The van der Waals surface area contributed by atoms with Crippen LogP contribution >= 0.6 is 0 Å². The molecule has 24 heavy (non-hydrogen) atoms. The average Bonchev–Trinajstić information content (AvgIpc) is 2.69.